The van der Waals surface area contributed by atoms with Gasteiger partial charge >= 0.3 is 12.1 Å². The molecule has 0 saturated carbocycles. The van der Waals surface area contributed by atoms with Crippen LogP contribution in [0.25, 0.3) is 0 Å². The summed E-state index contributed by atoms with van der Waals surface area (Å²) in [5, 5.41) is 0. The lowest BCUT2D eigenvalue weighted by atomic mass is 9.95. The molecule has 3 rings (SSSR count). The monoisotopic (exact) mass is 600 g/mol. The van der Waals surface area contributed by atoms with Crippen LogP contribution in [-0.4, -0.2) is 86.1 Å². The van der Waals surface area contributed by atoms with E-state index in [9.17, 15) is 18.8 Å². The van der Waals surface area contributed by atoms with Gasteiger partial charge in [0.05, 0.1) is 26.4 Å². The highest BCUT2D eigenvalue weighted by Gasteiger charge is 2.42. The summed E-state index contributed by atoms with van der Waals surface area (Å²) < 4.78 is 37.6. The van der Waals surface area contributed by atoms with E-state index in [1.165, 1.54) is 20.9 Å². The number of ether oxygens (including phenoxy) is 4. The zero-order valence-corrected chi connectivity index (χ0v) is 26.1. The Hall–Kier alpha value is -3.50. The van der Waals surface area contributed by atoms with E-state index < -0.39 is 35.0 Å². The van der Waals surface area contributed by atoms with Gasteiger partial charge in [-0.15, -0.1) is 0 Å². The Balaban J connectivity index is 1.87. The van der Waals surface area contributed by atoms with Crippen molar-refractivity contribution in [1.29, 1.82) is 0 Å². The van der Waals surface area contributed by atoms with Gasteiger partial charge in [0.1, 0.15) is 17.3 Å². The molecule has 1 heterocycles. The second-order valence-electron chi connectivity index (χ2n) is 12.6. The molecule has 1 amide bonds. The van der Waals surface area contributed by atoms with Crippen molar-refractivity contribution in [2.45, 2.75) is 77.0 Å². The van der Waals surface area contributed by atoms with Crippen molar-refractivity contribution in [2.75, 3.05) is 44.9 Å². The minimum Gasteiger partial charge on any atom is -0.447 e. The summed E-state index contributed by atoms with van der Waals surface area (Å²) in [5.74, 6) is -0.931. The summed E-state index contributed by atoms with van der Waals surface area (Å²) in [4.78, 5) is 42.6. The third kappa shape index (κ3) is 10.9. The van der Waals surface area contributed by atoms with E-state index >= 15 is 0 Å². The molecule has 10 heteroatoms. The SMILES string of the molecule is CN(C(=O)OC(C)(C)C)[C@@H](CC(C)(C)F)C(=O)O[C@@](C=O)(COCc1ccccc1)Cc1ccc(N2CCOCC2)cc1. The Kier molecular flexibility index (Phi) is 11.7. The zero-order valence-electron chi connectivity index (χ0n) is 26.1. The van der Waals surface area contributed by atoms with Gasteiger partial charge < -0.3 is 23.8 Å². The number of amides is 1. The largest absolute Gasteiger partial charge is 0.447 e. The van der Waals surface area contributed by atoms with Crippen LogP contribution in [0.2, 0.25) is 0 Å². The molecule has 0 aliphatic carbocycles. The first-order valence-electron chi connectivity index (χ1n) is 14.6. The van der Waals surface area contributed by atoms with Crippen LogP contribution < -0.4 is 4.90 Å². The fourth-order valence-corrected chi connectivity index (χ4v) is 4.69. The molecule has 2 aromatic carbocycles. The number of anilines is 1. The predicted octanol–water partition coefficient (Wildman–Crippen LogP) is 5.14. The molecular formula is C33H45FN2O7. The third-order valence-corrected chi connectivity index (χ3v) is 6.89. The van der Waals surface area contributed by atoms with Gasteiger partial charge in [0.2, 0.25) is 0 Å². The maximum absolute atomic E-state index is 14.9. The molecule has 43 heavy (non-hydrogen) atoms. The van der Waals surface area contributed by atoms with E-state index in [4.69, 9.17) is 18.9 Å². The minimum absolute atomic E-state index is 0.0162. The first-order chi connectivity index (χ1) is 20.2. The smallest absolute Gasteiger partial charge is 0.410 e. The number of nitrogens with zero attached hydrogens (tertiary/aromatic N) is 2. The summed E-state index contributed by atoms with van der Waals surface area (Å²) in [5.41, 5.74) is -1.77. The molecule has 1 aliphatic heterocycles. The standard InChI is InChI=1S/C33H45FN2O7/c1-31(2,3)43-30(39)35(6)28(21-32(4,5)34)29(38)42-33(23-37,24-41-22-26-10-8-7-9-11-26)20-25-12-14-27(15-13-25)36-16-18-40-19-17-36/h7-15,23,28H,16-22,24H2,1-6H3/t28-,33-/m0/s1. The second kappa shape index (κ2) is 14.8. The fraction of sp³-hybridized carbons (Fsp3) is 0.545. The Morgan fingerprint density at radius 1 is 0.977 bits per heavy atom. The van der Waals surface area contributed by atoms with Gasteiger partial charge in [-0.25, -0.2) is 14.0 Å². The molecule has 0 unspecified atom stereocenters. The molecular weight excluding hydrogens is 555 g/mol. The van der Waals surface area contributed by atoms with Crippen molar-refractivity contribution in [3.63, 3.8) is 0 Å². The van der Waals surface area contributed by atoms with Crippen molar-refractivity contribution in [3.8, 4) is 0 Å². The number of rotatable bonds is 13. The lowest BCUT2D eigenvalue weighted by Gasteiger charge is -2.35. The van der Waals surface area contributed by atoms with E-state index in [1.54, 1.807) is 20.8 Å². The van der Waals surface area contributed by atoms with Crippen molar-refractivity contribution >= 4 is 24.0 Å². The highest BCUT2D eigenvalue weighted by atomic mass is 19.1. The van der Waals surface area contributed by atoms with Gasteiger partial charge in [-0.05, 0) is 57.9 Å². The predicted molar refractivity (Wildman–Crippen MR) is 162 cm³/mol. The number of halogens is 1. The van der Waals surface area contributed by atoms with E-state index in [0.29, 0.717) is 19.5 Å². The molecule has 1 aliphatic rings. The number of morpholine rings is 1. The quantitative estimate of drug-likeness (QED) is 0.231. The molecule has 1 saturated heterocycles. The van der Waals surface area contributed by atoms with Gasteiger partial charge in [-0.1, -0.05) is 42.5 Å². The molecule has 236 valence electrons. The summed E-state index contributed by atoms with van der Waals surface area (Å²) in [6, 6.07) is 15.7. The maximum Gasteiger partial charge on any atom is 0.410 e. The van der Waals surface area contributed by atoms with E-state index in [1.807, 2.05) is 54.6 Å². The molecule has 2 aromatic rings. The summed E-state index contributed by atoms with van der Waals surface area (Å²) >= 11 is 0. The number of alkyl halides is 1. The molecule has 0 radical (unpaired) electrons. The highest BCUT2D eigenvalue weighted by molar-refractivity contribution is 5.83. The van der Waals surface area contributed by atoms with Crippen LogP contribution in [0.15, 0.2) is 54.6 Å². The molecule has 0 N–H and O–H groups in total. The topological polar surface area (TPSA) is 94.6 Å². The minimum atomic E-state index is -1.83. The van der Waals surface area contributed by atoms with Crippen LogP contribution in [-0.2, 0) is 41.6 Å². The van der Waals surface area contributed by atoms with E-state index in [-0.39, 0.29) is 26.1 Å². The Morgan fingerprint density at radius 3 is 2.16 bits per heavy atom. The normalized spacial score (nSPS) is 16.1. The number of esters is 1. The van der Waals surface area contributed by atoms with Gasteiger partial charge in [0.25, 0.3) is 0 Å². The Labute approximate surface area is 254 Å². The zero-order chi connectivity index (χ0) is 31.7. The van der Waals surface area contributed by atoms with Crippen molar-refractivity contribution < 1.29 is 37.7 Å². The Morgan fingerprint density at radius 2 is 1.60 bits per heavy atom. The summed E-state index contributed by atoms with van der Waals surface area (Å²) in [7, 11) is 1.35. The van der Waals surface area contributed by atoms with Crippen molar-refractivity contribution in [2.24, 2.45) is 0 Å². The van der Waals surface area contributed by atoms with Crippen LogP contribution in [0.5, 0.6) is 0 Å². The van der Waals surface area contributed by atoms with Crippen LogP contribution >= 0.6 is 0 Å². The molecule has 2 atom stereocenters. The highest BCUT2D eigenvalue weighted by Crippen LogP contribution is 2.26. The maximum atomic E-state index is 14.9. The molecule has 9 nitrogen and oxygen atoms in total. The van der Waals surface area contributed by atoms with E-state index in [0.717, 1.165) is 34.8 Å². The van der Waals surface area contributed by atoms with Crippen molar-refractivity contribution in [3.05, 3.63) is 65.7 Å². The van der Waals surface area contributed by atoms with Crippen LogP contribution in [0.1, 0.15) is 52.2 Å². The average Bonchev–Trinajstić information content (AvgIpc) is 2.95. The summed E-state index contributed by atoms with van der Waals surface area (Å²) in [6.45, 7) is 10.5. The van der Waals surface area contributed by atoms with Gasteiger partial charge in [-0.3, -0.25) is 9.69 Å². The van der Waals surface area contributed by atoms with Crippen LogP contribution in [0.4, 0.5) is 14.9 Å². The number of carbonyl (C=O) groups excluding carboxylic acids is 3. The third-order valence-electron chi connectivity index (χ3n) is 6.89. The lowest BCUT2D eigenvalue weighted by Crippen LogP contribution is -2.52. The molecule has 0 aromatic heterocycles. The van der Waals surface area contributed by atoms with Gasteiger partial charge in [0, 0.05) is 38.7 Å². The summed E-state index contributed by atoms with van der Waals surface area (Å²) in [6.07, 6.45) is -0.607. The first kappa shape index (κ1) is 34.0. The molecule has 0 spiro atoms. The Bertz CT molecular complexity index is 1190. The number of carbonyl (C=O) groups is 3. The van der Waals surface area contributed by atoms with E-state index in [2.05, 4.69) is 4.90 Å². The van der Waals surface area contributed by atoms with Gasteiger partial charge in [-0.2, -0.15) is 0 Å². The number of hydrogen-bond donors (Lipinski definition) is 0. The average molecular weight is 601 g/mol. The second-order valence-corrected chi connectivity index (χ2v) is 12.6. The van der Waals surface area contributed by atoms with Crippen molar-refractivity contribution in [1.82, 2.24) is 4.90 Å². The number of benzene rings is 2. The van der Waals surface area contributed by atoms with Crippen LogP contribution in [0, 0.1) is 0 Å². The molecule has 0 bridgehead atoms. The number of aldehydes is 1. The lowest BCUT2D eigenvalue weighted by molar-refractivity contribution is -0.175. The number of likely N-dealkylation sites (N-methyl/N-ethyl adjacent to an activating group) is 1. The van der Waals surface area contributed by atoms with Crippen LogP contribution in [0.3, 0.4) is 0 Å². The first-order valence-corrected chi connectivity index (χ1v) is 14.6. The van der Waals surface area contributed by atoms with Gasteiger partial charge in [0.15, 0.2) is 11.9 Å². The fourth-order valence-electron chi connectivity index (χ4n) is 4.69. The number of hydrogen-bond acceptors (Lipinski definition) is 8. The molecule has 1 fully saturated rings.